The van der Waals surface area contributed by atoms with Gasteiger partial charge in [0.1, 0.15) is 0 Å². The highest BCUT2D eigenvalue weighted by atomic mass is 79.9. The highest BCUT2D eigenvalue weighted by Gasteiger charge is 2.25. The zero-order valence-electron chi connectivity index (χ0n) is 10.4. The van der Waals surface area contributed by atoms with Crippen molar-refractivity contribution in [1.82, 2.24) is 35.5 Å². The Balaban J connectivity index is 1.62. The molecular weight excluding hydrogens is 328 g/mol. The molecule has 1 N–H and O–H groups in total. The summed E-state index contributed by atoms with van der Waals surface area (Å²) in [5, 5.41) is 13.1. The summed E-state index contributed by atoms with van der Waals surface area (Å²) in [6.07, 6.45) is 3.42. The average Bonchev–Trinajstić information content (AvgIpc) is 3.02. The van der Waals surface area contributed by atoms with Gasteiger partial charge in [0, 0.05) is 38.6 Å². The van der Waals surface area contributed by atoms with Crippen molar-refractivity contribution in [3.05, 3.63) is 22.7 Å². The summed E-state index contributed by atoms with van der Waals surface area (Å²) in [6, 6.07) is 0. The largest absolute Gasteiger partial charge is 0.337 e. The molecule has 1 aliphatic rings. The summed E-state index contributed by atoms with van der Waals surface area (Å²) in [5.74, 6) is 0.549. The number of tetrazole rings is 1. The van der Waals surface area contributed by atoms with Crippen LogP contribution in [0.25, 0.3) is 0 Å². The van der Waals surface area contributed by atoms with Crippen molar-refractivity contribution in [1.29, 1.82) is 0 Å². The molecule has 0 unspecified atom stereocenters. The number of nitrogens with zero attached hydrogens (tertiary/aromatic N) is 7. The second-order valence-corrected chi connectivity index (χ2v) is 5.13. The van der Waals surface area contributed by atoms with Crippen LogP contribution < -0.4 is 4.90 Å². The lowest BCUT2D eigenvalue weighted by molar-refractivity contribution is 0.0734. The number of anilines is 1. The number of amides is 1. The van der Waals surface area contributed by atoms with Crippen LogP contribution in [0.2, 0.25) is 0 Å². The first-order valence-electron chi connectivity index (χ1n) is 5.99. The number of carbonyl (C=O) groups is 1. The lowest BCUT2D eigenvalue weighted by Crippen LogP contribution is -2.49. The van der Waals surface area contributed by atoms with Crippen molar-refractivity contribution in [3.63, 3.8) is 0 Å². The van der Waals surface area contributed by atoms with Crippen molar-refractivity contribution in [2.45, 2.75) is 0 Å². The number of hydrogen-bond acceptors (Lipinski definition) is 7. The van der Waals surface area contributed by atoms with Crippen LogP contribution >= 0.6 is 15.9 Å². The van der Waals surface area contributed by atoms with Crippen LogP contribution in [-0.4, -0.2) is 67.6 Å². The molecule has 1 fully saturated rings. The van der Waals surface area contributed by atoms with E-state index in [9.17, 15) is 4.79 Å². The fourth-order valence-corrected chi connectivity index (χ4v) is 2.18. The number of rotatable bonds is 2. The van der Waals surface area contributed by atoms with Crippen molar-refractivity contribution >= 4 is 27.8 Å². The first-order valence-corrected chi connectivity index (χ1v) is 6.78. The van der Waals surface area contributed by atoms with Crippen LogP contribution in [0.4, 0.5) is 5.95 Å². The van der Waals surface area contributed by atoms with E-state index in [0.717, 1.165) is 4.47 Å². The van der Waals surface area contributed by atoms with Gasteiger partial charge in [0.05, 0.1) is 4.47 Å². The van der Waals surface area contributed by atoms with Gasteiger partial charge in [-0.25, -0.2) is 9.97 Å². The molecular formula is C10H11BrN8O. The van der Waals surface area contributed by atoms with E-state index in [1.54, 1.807) is 17.3 Å². The van der Waals surface area contributed by atoms with Crippen molar-refractivity contribution in [3.8, 4) is 0 Å². The zero-order chi connectivity index (χ0) is 13.9. The van der Waals surface area contributed by atoms with Gasteiger partial charge in [0.15, 0.2) is 0 Å². The number of aromatic nitrogens is 6. The van der Waals surface area contributed by atoms with Gasteiger partial charge in [-0.15, -0.1) is 10.2 Å². The maximum absolute atomic E-state index is 12.0. The first-order chi connectivity index (χ1) is 9.74. The third-order valence-corrected chi connectivity index (χ3v) is 3.40. The molecule has 20 heavy (non-hydrogen) atoms. The lowest BCUT2D eigenvalue weighted by Gasteiger charge is -2.34. The minimum atomic E-state index is -0.213. The van der Waals surface area contributed by atoms with Gasteiger partial charge >= 0.3 is 0 Å². The van der Waals surface area contributed by atoms with E-state index in [4.69, 9.17) is 0 Å². The molecule has 1 aliphatic heterocycles. The third-order valence-electron chi connectivity index (χ3n) is 2.99. The van der Waals surface area contributed by atoms with Crippen molar-refractivity contribution in [2.24, 2.45) is 0 Å². The van der Waals surface area contributed by atoms with E-state index >= 15 is 0 Å². The maximum atomic E-state index is 12.0. The molecule has 0 spiro atoms. The highest BCUT2D eigenvalue weighted by molar-refractivity contribution is 9.10. The molecule has 0 aromatic carbocycles. The van der Waals surface area contributed by atoms with Gasteiger partial charge in [-0.2, -0.15) is 5.21 Å². The quantitative estimate of drug-likeness (QED) is 0.802. The molecule has 1 saturated heterocycles. The molecule has 9 nitrogen and oxygen atoms in total. The number of halogens is 1. The smallest absolute Gasteiger partial charge is 0.295 e. The van der Waals surface area contributed by atoms with E-state index in [1.807, 2.05) is 4.90 Å². The van der Waals surface area contributed by atoms with Gasteiger partial charge in [-0.3, -0.25) is 4.79 Å². The minimum absolute atomic E-state index is 0.0957. The number of nitrogens with one attached hydrogen (secondary N) is 1. The van der Waals surface area contributed by atoms with Crippen molar-refractivity contribution in [2.75, 3.05) is 31.1 Å². The van der Waals surface area contributed by atoms with Gasteiger partial charge < -0.3 is 9.80 Å². The van der Waals surface area contributed by atoms with Crippen LogP contribution in [0.3, 0.4) is 0 Å². The summed E-state index contributed by atoms with van der Waals surface area (Å²) < 4.78 is 0.840. The maximum Gasteiger partial charge on any atom is 0.295 e. The Labute approximate surface area is 122 Å². The molecule has 0 radical (unpaired) electrons. The summed E-state index contributed by atoms with van der Waals surface area (Å²) in [5.41, 5.74) is 0. The van der Waals surface area contributed by atoms with Gasteiger partial charge in [0.2, 0.25) is 5.95 Å². The fraction of sp³-hybridized carbons (Fsp3) is 0.400. The molecule has 2 aromatic rings. The molecule has 0 aliphatic carbocycles. The predicted octanol–water partition coefficient (Wildman–Crippen LogP) is -0.285. The Morgan fingerprint density at radius 2 is 1.90 bits per heavy atom. The number of piperazine rings is 1. The number of carbonyl (C=O) groups excluding carboxylic acids is 1. The average molecular weight is 339 g/mol. The summed E-state index contributed by atoms with van der Waals surface area (Å²) in [6.45, 7) is 2.50. The van der Waals surface area contributed by atoms with E-state index in [2.05, 4.69) is 46.5 Å². The van der Waals surface area contributed by atoms with Crippen LogP contribution in [-0.2, 0) is 0 Å². The van der Waals surface area contributed by atoms with Crippen molar-refractivity contribution < 1.29 is 4.79 Å². The fourth-order valence-electron chi connectivity index (χ4n) is 1.97. The lowest BCUT2D eigenvalue weighted by atomic mass is 10.3. The second kappa shape index (κ2) is 5.49. The van der Waals surface area contributed by atoms with Gasteiger partial charge in [-0.05, 0) is 21.1 Å². The summed E-state index contributed by atoms with van der Waals surface area (Å²) in [4.78, 5) is 24.3. The topological polar surface area (TPSA) is 104 Å². The summed E-state index contributed by atoms with van der Waals surface area (Å²) in [7, 11) is 0. The first kappa shape index (κ1) is 12.9. The number of aromatic amines is 1. The molecule has 3 rings (SSSR count). The molecule has 0 bridgehead atoms. The molecule has 1 amide bonds. The van der Waals surface area contributed by atoms with Crippen LogP contribution in [0.15, 0.2) is 16.9 Å². The zero-order valence-corrected chi connectivity index (χ0v) is 12.0. The van der Waals surface area contributed by atoms with Gasteiger partial charge in [0.25, 0.3) is 11.7 Å². The standard InChI is InChI=1S/C10H11BrN8O/c11-7-5-12-10(13-6-7)19-3-1-18(2-4-19)9(20)8-14-16-17-15-8/h5-6H,1-4H2,(H,14,15,16,17). The molecule has 2 aromatic heterocycles. The molecule has 0 atom stereocenters. The Morgan fingerprint density at radius 3 is 2.50 bits per heavy atom. The van der Waals surface area contributed by atoms with Gasteiger partial charge in [-0.1, -0.05) is 0 Å². The Bertz CT molecular complexity index is 578. The van der Waals surface area contributed by atoms with E-state index in [0.29, 0.717) is 32.1 Å². The highest BCUT2D eigenvalue weighted by Crippen LogP contribution is 2.13. The van der Waals surface area contributed by atoms with E-state index in [1.165, 1.54) is 0 Å². The third kappa shape index (κ3) is 2.59. The molecule has 10 heteroatoms. The SMILES string of the molecule is O=C(c1nn[nH]n1)N1CCN(c2ncc(Br)cn2)CC1. The Hall–Kier alpha value is -2.10. The minimum Gasteiger partial charge on any atom is -0.337 e. The normalized spacial score (nSPS) is 15.4. The van der Waals surface area contributed by atoms with E-state index in [-0.39, 0.29) is 11.7 Å². The Kier molecular flexibility index (Phi) is 3.54. The number of H-pyrrole nitrogens is 1. The van der Waals surface area contributed by atoms with Crippen LogP contribution in [0, 0.1) is 0 Å². The van der Waals surface area contributed by atoms with E-state index < -0.39 is 0 Å². The summed E-state index contributed by atoms with van der Waals surface area (Å²) >= 11 is 3.30. The van der Waals surface area contributed by atoms with Crippen LogP contribution in [0.5, 0.6) is 0 Å². The molecule has 0 saturated carbocycles. The molecule has 3 heterocycles. The number of hydrogen-bond donors (Lipinski definition) is 1. The monoisotopic (exact) mass is 338 g/mol. The Morgan fingerprint density at radius 1 is 1.20 bits per heavy atom. The van der Waals surface area contributed by atoms with Crippen LogP contribution in [0.1, 0.15) is 10.6 Å². The molecule has 104 valence electrons. The predicted molar refractivity (Wildman–Crippen MR) is 72.0 cm³/mol. The second-order valence-electron chi connectivity index (χ2n) is 4.22.